The molecule has 1 N–H and O–H groups in total. The van der Waals surface area contributed by atoms with Gasteiger partial charge in [0.05, 0.1) is 17.1 Å². The SMILES string of the molecule is CCOC(=O)c1c(NC(=O)c2ccc(S(=O)(=O)N(C)C3CCCCC3)cc2)sc2c1CCN(C)C2. The largest absolute Gasteiger partial charge is 0.462 e. The number of hydrogen-bond acceptors (Lipinski definition) is 7. The molecule has 1 amide bonds. The molecular formula is C25H33N3O5S2. The number of nitrogens with one attached hydrogen (secondary N) is 1. The number of anilines is 1. The van der Waals surface area contributed by atoms with Gasteiger partial charge in [-0.15, -0.1) is 11.3 Å². The fourth-order valence-corrected chi connectivity index (χ4v) is 7.53. The summed E-state index contributed by atoms with van der Waals surface area (Å²) in [5, 5.41) is 3.35. The van der Waals surface area contributed by atoms with Crippen molar-refractivity contribution in [2.24, 2.45) is 0 Å². The van der Waals surface area contributed by atoms with E-state index in [0.29, 0.717) is 29.1 Å². The Balaban J connectivity index is 1.53. The zero-order valence-electron chi connectivity index (χ0n) is 20.5. The normalized spacial score (nSPS) is 17.3. The van der Waals surface area contributed by atoms with Gasteiger partial charge in [-0.1, -0.05) is 19.3 Å². The van der Waals surface area contributed by atoms with Crippen LogP contribution in [0, 0.1) is 0 Å². The molecule has 2 aromatic rings. The number of sulfonamides is 1. The lowest BCUT2D eigenvalue weighted by Gasteiger charge is -2.30. The van der Waals surface area contributed by atoms with Gasteiger partial charge in [0.15, 0.2) is 0 Å². The molecule has 1 aromatic carbocycles. The Morgan fingerprint density at radius 1 is 1.17 bits per heavy atom. The van der Waals surface area contributed by atoms with Crippen molar-refractivity contribution in [3.63, 3.8) is 0 Å². The van der Waals surface area contributed by atoms with E-state index >= 15 is 0 Å². The predicted octanol–water partition coefficient (Wildman–Crippen LogP) is 4.12. The number of esters is 1. The number of hydrogen-bond donors (Lipinski definition) is 1. The van der Waals surface area contributed by atoms with E-state index in [2.05, 4.69) is 10.2 Å². The van der Waals surface area contributed by atoms with Gasteiger partial charge in [-0.3, -0.25) is 4.79 Å². The van der Waals surface area contributed by atoms with Crippen LogP contribution < -0.4 is 5.32 Å². The Hall–Kier alpha value is -2.27. The highest BCUT2D eigenvalue weighted by Gasteiger charge is 2.30. The first kappa shape index (κ1) is 25.8. The average Bonchev–Trinajstić information content (AvgIpc) is 3.21. The first-order valence-corrected chi connectivity index (χ1v) is 14.4. The first-order chi connectivity index (χ1) is 16.7. The van der Waals surface area contributed by atoms with Crippen molar-refractivity contribution in [1.82, 2.24) is 9.21 Å². The van der Waals surface area contributed by atoms with Crippen molar-refractivity contribution < 1.29 is 22.7 Å². The van der Waals surface area contributed by atoms with Crippen LogP contribution in [-0.2, 0) is 27.7 Å². The lowest BCUT2D eigenvalue weighted by atomic mass is 9.96. The molecule has 8 nitrogen and oxygen atoms in total. The van der Waals surface area contributed by atoms with Crippen LogP contribution in [0.15, 0.2) is 29.2 Å². The number of benzene rings is 1. The average molecular weight is 520 g/mol. The minimum absolute atomic E-state index is 0.0157. The third kappa shape index (κ3) is 5.45. The molecule has 0 bridgehead atoms. The van der Waals surface area contributed by atoms with Crippen molar-refractivity contribution in [3.05, 3.63) is 45.8 Å². The number of ether oxygens (including phenoxy) is 1. The van der Waals surface area contributed by atoms with E-state index in [1.54, 1.807) is 14.0 Å². The highest BCUT2D eigenvalue weighted by atomic mass is 32.2. The summed E-state index contributed by atoms with van der Waals surface area (Å²) in [7, 11) is 0.0241. The van der Waals surface area contributed by atoms with Crippen molar-refractivity contribution in [1.29, 1.82) is 0 Å². The highest BCUT2D eigenvalue weighted by molar-refractivity contribution is 7.89. The molecule has 1 aliphatic carbocycles. The third-order valence-corrected chi connectivity index (χ3v) is 9.89. The number of amides is 1. The second-order valence-corrected chi connectivity index (χ2v) is 12.3. The number of thiophene rings is 1. The fourth-order valence-electron chi connectivity index (χ4n) is 4.80. The van der Waals surface area contributed by atoms with Crippen LogP contribution in [0.5, 0.6) is 0 Å². The van der Waals surface area contributed by atoms with Gasteiger partial charge < -0.3 is 15.0 Å². The highest BCUT2D eigenvalue weighted by Crippen LogP contribution is 2.37. The van der Waals surface area contributed by atoms with Crippen molar-refractivity contribution in [2.75, 3.05) is 32.6 Å². The minimum Gasteiger partial charge on any atom is -0.462 e. The summed E-state index contributed by atoms with van der Waals surface area (Å²) in [6.07, 6.45) is 5.70. The van der Waals surface area contributed by atoms with Gasteiger partial charge in [0.25, 0.3) is 5.91 Å². The Morgan fingerprint density at radius 2 is 1.86 bits per heavy atom. The predicted molar refractivity (Wildman–Crippen MR) is 137 cm³/mol. The van der Waals surface area contributed by atoms with Crippen molar-refractivity contribution >= 4 is 38.2 Å². The number of fused-ring (bicyclic) bond motifs is 1. The molecule has 0 unspecified atom stereocenters. The quantitative estimate of drug-likeness (QED) is 0.553. The van der Waals surface area contributed by atoms with E-state index in [0.717, 1.165) is 49.1 Å². The summed E-state index contributed by atoms with van der Waals surface area (Å²) >= 11 is 1.39. The topological polar surface area (TPSA) is 96.0 Å². The van der Waals surface area contributed by atoms with Crippen molar-refractivity contribution in [2.45, 2.75) is 62.9 Å². The zero-order chi connectivity index (χ0) is 25.2. The molecule has 1 aliphatic heterocycles. The molecule has 10 heteroatoms. The zero-order valence-corrected chi connectivity index (χ0v) is 22.1. The first-order valence-electron chi connectivity index (χ1n) is 12.1. The Morgan fingerprint density at radius 3 is 2.51 bits per heavy atom. The Bertz CT molecular complexity index is 1180. The molecule has 2 aliphatic rings. The molecule has 1 saturated carbocycles. The van der Waals surface area contributed by atoms with Crippen LogP contribution in [0.1, 0.15) is 70.2 Å². The lowest BCUT2D eigenvalue weighted by molar-refractivity contribution is 0.0526. The van der Waals surface area contributed by atoms with Crippen molar-refractivity contribution in [3.8, 4) is 0 Å². The summed E-state index contributed by atoms with van der Waals surface area (Å²) in [4.78, 5) is 29.1. The van der Waals surface area contributed by atoms with Crippen LogP contribution in [-0.4, -0.2) is 62.8 Å². The maximum atomic E-state index is 13.1. The van der Waals surface area contributed by atoms with E-state index in [1.165, 1.54) is 39.9 Å². The molecule has 4 rings (SSSR count). The standard InChI is InChI=1S/C25H33N3O5S2/c1-4-33-25(30)22-20-14-15-27(2)16-21(20)34-24(22)26-23(29)17-10-12-19(13-11-17)35(31,32)28(3)18-8-6-5-7-9-18/h10-13,18H,4-9,14-16H2,1-3H3,(H,26,29). The second kappa shape index (κ2) is 10.8. The van der Waals surface area contributed by atoms with Gasteiger partial charge >= 0.3 is 5.97 Å². The number of nitrogens with zero attached hydrogens (tertiary/aromatic N) is 2. The van der Waals surface area contributed by atoms with Crippen LogP contribution in [0.4, 0.5) is 5.00 Å². The Kier molecular flexibility index (Phi) is 7.95. The van der Waals surface area contributed by atoms with E-state index < -0.39 is 21.9 Å². The monoisotopic (exact) mass is 519 g/mol. The lowest BCUT2D eigenvalue weighted by Crippen LogP contribution is -2.38. The smallest absolute Gasteiger partial charge is 0.341 e. The number of carbonyl (C=O) groups excluding carboxylic acids is 2. The molecule has 0 radical (unpaired) electrons. The number of rotatable bonds is 7. The molecule has 0 spiro atoms. The molecule has 0 atom stereocenters. The van der Waals surface area contributed by atoms with Gasteiger partial charge in [0, 0.05) is 36.6 Å². The Labute approximate surface area is 211 Å². The molecule has 1 fully saturated rings. The second-order valence-electron chi connectivity index (χ2n) is 9.21. The van der Waals surface area contributed by atoms with Crippen LogP contribution in [0.3, 0.4) is 0 Å². The van der Waals surface area contributed by atoms with Gasteiger partial charge in [0.1, 0.15) is 5.00 Å². The summed E-state index contributed by atoms with van der Waals surface area (Å²) in [6, 6.07) is 6.00. The minimum atomic E-state index is -3.63. The maximum Gasteiger partial charge on any atom is 0.341 e. The van der Waals surface area contributed by atoms with Crippen LogP contribution >= 0.6 is 11.3 Å². The fraction of sp³-hybridized carbons (Fsp3) is 0.520. The van der Waals surface area contributed by atoms with Gasteiger partial charge in [-0.25, -0.2) is 13.2 Å². The molecule has 2 heterocycles. The van der Waals surface area contributed by atoms with Crippen LogP contribution in [0.25, 0.3) is 0 Å². The molecule has 0 saturated heterocycles. The summed E-state index contributed by atoms with van der Waals surface area (Å²) in [5.41, 5.74) is 1.69. The molecule has 190 valence electrons. The van der Waals surface area contributed by atoms with Gasteiger partial charge in [-0.2, -0.15) is 4.31 Å². The summed E-state index contributed by atoms with van der Waals surface area (Å²) < 4.78 is 32.9. The molecular weight excluding hydrogens is 486 g/mol. The molecule has 1 aromatic heterocycles. The van der Waals surface area contributed by atoms with E-state index in [9.17, 15) is 18.0 Å². The van der Waals surface area contributed by atoms with E-state index in [-0.39, 0.29) is 17.5 Å². The molecule has 35 heavy (non-hydrogen) atoms. The summed E-state index contributed by atoms with van der Waals surface area (Å²) in [5.74, 6) is -0.830. The third-order valence-electron chi connectivity index (χ3n) is 6.84. The van der Waals surface area contributed by atoms with Crippen LogP contribution in [0.2, 0.25) is 0 Å². The van der Waals surface area contributed by atoms with Gasteiger partial charge in [-0.05, 0) is 63.1 Å². The van der Waals surface area contributed by atoms with E-state index in [4.69, 9.17) is 4.74 Å². The van der Waals surface area contributed by atoms with E-state index in [1.807, 2.05) is 7.05 Å². The summed E-state index contributed by atoms with van der Waals surface area (Å²) in [6.45, 7) is 3.55. The maximum absolute atomic E-state index is 13.1. The van der Waals surface area contributed by atoms with Gasteiger partial charge in [0.2, 0.25) is 10.0 Å². The number of carbonyl (C=O) groups is 2. The number of likely N-dealkylation sites (N-methyl/N-ethyl adjacent to an activating group) is 1.